The number of benzene rings is 2. The number of nitrogens with zero attached hydrogens (tertiary/aromatic N) is 3. The van der Waals surface area contributed by atoms with Gasteiger partial charge in [0.2, 0.25) is 0 Å². The summed E-state index contributed by atoms with van der Waals surface area (Å²) in [6.45, 7) is 1.57. The van der Waals surface area contributed by atoms with E-state index in [1.54, 1.807) is 12.7 Å². The van der Waals surface area contributed by atoms with Gasteiger partial charge in [-0.3, -0.25) is 4.68 Å². The lowest BCUT2D eigenvalue weighted by Gasteiger charge is -2.15. The summed E-state index contributed by atoms with van der Waals surface area (Å²) in [6, 6.07) is 12.9. The van der Waals surface area contributed by atoms with Crippen LogP contribution in [-0.2, 0) is 19.4 Å². The molecule has 0 fully saturated rings. The van der Waals surface area contributed by atoms with Crippen LogP contribution in [0.5, 0.6) is 0 Å². The van der Waals surface area contributed by atoms with Gasteiger partial charge in [-0.05, 0) is 58.1 Å². The number of halogens is 1. The lowest BCUT2D eigenvalue weighted by atomic mass is 10.0. The minimum absolute atomic E-state index is 0.778. The molecule has 2 aromatic carbocycles. The van der Waals surface area contributed by atoms with Gasteiger partial charge in [0.25, 0.3) is 0 Å². The monoisotopic (exact) mass is 383 g/mol. The Kier molecular flexibility index (Phi) is 4.21. The van der Waals surface area contributed by atoms with Gasteiger partial charge in [-0.15, -0.1) is 0 Å². The first-order valence-corrected chi connectivity index (χ1v) is 8.82. The van der Waals surface area contributed by atoms with Crippen LogP contribution in [0.3, 0.4) is 0 Å². The Balaban J connectivity index is 1.54. The Morgan fingerprint density at radius 1 is 1.12 bits per heavy atom. The van der Waals surface area contributed by atoms with E-state index in [0.717, 1.165) is 36.1 Å². The van der Waals surface area contributed by atoms with Crippen LogP contribution in [0, 0.1) is 0 Å². The van der Waals surface area contributed by atoms with E-state index in [2.05, 4.69) is 73.0 Å². The summed E-state index contributed by atoms with van der Waals surface area (Å²) in [4.78, 5) is 3.96. The molecule has 122 valence electrons. The quantitative estimate of drug-likeness (QED) is 0.714. The molecule has 0 radical (unpaired) electrons. The van der Waals surface area contributed by atoms with Gasteiger partial charge in [0.15, 0.2) is 0 Å². The first-order valence-electron chi connectivity index (χ1n) is 8.03. The summed E-state index contributed by atoms with van der Waals surface area (Å²) >= 11 is 3.69. The van der Waals surface area contributed by atoms with Crippen molar-refractivity contribution in [3.05, 3.63) is 64.7 Å². The predicted octanol–water partition coefficient (Wildman–Crippen LogP) is 3.99. The molecule has 2 heterocycles. The Bertz CT molecular complexity index is 845. The largest absolute Gasteiger partial charge is 0.382 e. The summed E-state index contributed by atoms with van der Waals surface area (Å²) in [7, 11) is 0. The third kappa shape index (κ3) is 3.14. The highest BCUT2D eigenvalue weighted by molar-refractivity contribution is 9.10. The first kappa shape index (κ1) is 15.2. The second-order valence-corrected chi connectivity index (χ2v) is 6.71. The SMILES string of the molecule is Brc1cc2c(cc1NCCn1cncn1)Nc1ccccc1CC2. The van der Waals surface area contributed by atoms with Gasteiger partial charge in [-0.25, -0.2) is 4.98 Å². The number of hydrogen-bond acceptors (Lipinski definition) is 4. The van der Waals surface area contributed by atoms with Crippen LogP contribution in [-0.4, -0.2) is 21.3 Å². The van der Waals surface area contributed by atoms with E-state index >= 15 is 0 Å². The second-order valence-electron chi connectivity index (χ2n) is 5.86. The molecular formula is C18H18BrN5. The van der Waals surface area contributed by atoms with Crippen molar-refractivity contribution in [1.82, 2.24) is 14.8 Å². The molecule has 6 heteroatoms. The third-order valence-corrected chi connectivity index (χ3v) is 4.92. The highest BCUT2D eigenvalue weighted by Gasteiger charge is 2.14. The van der Waals surface area contributed by atoms with E-state index in [9.17, 15) is 0 Å². The molecule has 5 nitrogen and oxygen atoms in total. The Morgan fingerprint density at radius 3 is 2.88 bits per heavy atom. The van der Waals surface area contributed by atoms with Crippen molar-refractivity contribution in [2.75, 3.05) is 17.2 Å². The fourth-order valence-electron chi connectivity index (χ4n) is 3.00. The number of rotatable bonds is 4. The van der Waals surface area contributed by atoms with Crippen LogP contribution in [0.1, 0.15) is 11.1 Å². The molecule has 0 spiro atoms. The van der Waals surface area contributed by atoms with E-state index in [1.807, 2.05) is 4.68 Å². The molecule has 0 saturated carbocycles. The zero-order valence-electron chi connectivity index (χ0n) is 13.2. The van der Waals surface area contributed by atoms with Crippen molar-refractivity contribution in [3.8, 4) is 0 Å². The Labute approximate surface area is 149 Å². The average molecular weight is 384 g/mol. The van der Waals surface area contributed by atoms with E-state index < -0.39 is 0 Å². The van der Waals surface area contributed by atoms with E-state index in [1.165, 1.54) is 22.5 Å². The van der Waals surface area contributed by atoms with E-state index in [-0.39, 0.29) is 0 Å². The first-order chi connectivity index (χ1) is 11.8. The van der Waals surface area contributed by atoms with Crippen LogP contribution >= 0.6 is 15.9 Å². The lowest BCUT2D eigenvalue weighted by molar-refractivity contribution is 0.636. The average Bonchev–Trinajstić information content (AvgIpc) is 3.04. The smallest absolute Gasteiger partial charge is 0.137 e. The maximum absolute atomic E-state index is 4.12. The standard InChI is InChI=1S/C18H18BrN5/c19-15-9-14-6-5-13-3-1-2-4-16(13)23-17(14)10-18(15)21-7-8-24-12-20-11-22-24/h1-4,9-12,21,23H,5-8H2. The van der Waals surface area contributed by atoms with Crippen LogP contribution in [0.4, 0.5) is 17.1 Å². The molecule has 0 amide bonds. The maximum Gasteiger partial charge on any atom is 0.137 e. The van der Waals surface area contributed by atoms with Crippen LogP contribution < -0.4 is 10.6 Å². The van der Waals surface area contributed by atoms with Gasteiger partial charge in [-0.1, -0.05) is 18.2 Å². The summed E-state index contributed by atoms with van der Waals surface area (Å²) < 4.78 is 2.91. The molecule has 3 aromatic rings. The molecule has 1 aromatic heterocycles. The number of anilines is 3. The lowest BCUT2D eigenvalue weighted by Crippen LogP contribution is -2.11. The van der Waals surface area contributed by atoms with Gasteiger partial charge in [-0.2, -0.15) is 5.10 Å². The zero-order chi connectivity index (χ0) is 16.4. The van der Waals surface area contributed by atoms with Crippen LogP contribution in [0.15, 0.2) is 53.5 Å². The molecule has 0 aliphatic carbocycles. The normalized spacial score (nSPS) is 12.7. The van der Waals surface area contributed by atoms with Crippen molar-refractivity contribution in [3.63, 3.8) is 0 Å². The minimum Gasteiger partial charge on any atom is -0.382 e. The summed E-state index contributed by atoms with van der Waals surface area (Å²) in [5, 5.41) is 11.2. The van der Waals surface area contributed by atoms with Gasteiger partial charge in [0, 0.05) is 22.4 Å². The number of fused-ring (bicyclic) bond motifs is 2. The van der Waals surface area contributed by atoms with Crippen LogP contribution in [0.25, 0.3) is 0 Å². The number of hydrogen-bond donors (Lipinski definition) is 2. The van der Waals surface area contributed by atoms with Gasteiger partial charge < -0.3 is 10.6 Å². The van der Waals surface area contributed by atoms with E-state index in [0.29, 0.717) is 0 Å². The van der Waals surface area contributed by atoms with Crippen molar-refractivity contribution in [2.45, 2.75) is 19.4 Å². The zero-order valence-corrected chi connectivity index (χ0v) is 14.8. The molecule has 1 aliphatic heterocycles. The predicted molar refractivity (Wildman–Crippen MR) is 99.8 cm³/mol. The molecule has 0 bridgehead atoms. The molecule has 1 aliphatic rings. The highest BCUT2D eigenvalue weighted by atomic mass is 79.9. The molecule has 24 heavy (non-hydrogen) atoms. The van der Waals surface area contributed by atoms with Crippen LogP contribution in [0.2, 0.25) is 0 Å². The summed E-state index contributed by atoms with van der Waals surface area (Å²) in [6.07, 6.45) is 5.38. The van der Waals surface area contributed by atoms with Crippen molar-refractivity contribution in [2.24, 2.45) is 0 Å². The number of nitrogens with one attached hydrogen (secondary N) is 2. The Hall–Kier alpha value is -2.34. The molecule has 0 atom stereocenters. The molecule has 0 saturated heterocycles. The molecule has 4 rings (SSSR count). The fourth-order valence-corrected chi connectivity index (χ4v) is 3.53. The third-order valence-electron chi connectivity index (χ3n) is 4.27. The fraction of sp³-hybridized carbons (Fsp3) is 0.222. The maximum atomic E-state index is 4.12. The molecule has 2 N–H and O–H groups in total. The number of aryl methyl sites for hydroxylation is 2. The molecular weight excluding hydrogens is 366 g/mol. The number of aromatic nitrogens is 3. The van der Waals surface area contributed by atoms with Gasteiger partial charge >= 0.3 is 0 Å². The Morgan fingerprint density at radius 2 is 2.00 bits per heavy atom. The topological polar surface area (TPSA) is 54.8 Å². The van der Waals surface area contributed by atoms with Gasteiger partial charge in [0.05, 0.1) is 12.2 Å². The highest BCUT2D eigenvalue weighted by Crippen LogP contribution is 2.35. The molecule has 0 unspecified atom stereocenters. The van der Waals surface area contributed by atoms with Crippen molar-refractivity contribution < 1.29 is 0 Å². The van der Waals surface area contributed by atoms with Crippen molar-refractivity contribution >= 4 is 33.0 Å². The number of para-hydroxylation sites is 1. The summed E-state index contributed by atoms with van der Waals surface area (Å²) in [5.74, 6) is 0. The minimum atomic E-state index is 0.778. The second kappa shape index (κ2) is 6.65. The van der Waals surface area contributed by atoms with E-state index in [4.69, 9.17) is 0 Å². The summed E-state index contributed by atoms with van der Waals surface area (Å²) in [5.41, 5.74) is 6.16. The van der Waals surface area contributed by atoms with Crippen molar-refractivity contribution in [1.29, 1.82) is 0 Å². The van der Waals surface area contributed by atoms with Gasteiger partial charge in [0.1, 0.15) is 12.7 Å².